The van der Waals surface area contributed by atoms with Crippen LogP contribution in [-0.4, -0.2) is 25.7 Å². The number of hydrogen-bond acceptors (Lipinski definition) is 4. The molecule has 1 aromatic heterocycles. The van der Waals surface area contributed by atoms with Crippen molar-refractivity contribution in [2.45, 2.75) is 19.4 Å². The minimum atomic E-state index is 0.158. The highest BCUT2D eigenvalue weighted by molar-refractivity contribution is 5.33. The largest absolute Gasteiger partial charge is 0.497 e. The summed E-state index contributed by atoms with van der Waals surface area (Å²) in [5.41, 5.74) is 2.29. The van der Waals surface area contributed by atoms with Gasteiger partial charge in [-0.05, 0) is 36.7 Å². The molecule has 4 nitrogen and oxygen atoms in total. The molecule has 0 radical (unpaired) electrons. The van der Waals surface area contributed by atoms with Crippen LogP contribution in [0.4, 0.5) is 0 Å². The molecule has 1 unspecified atom stereocenters. The molecule has 112 valence electrons. The van der Waals surface area contributed by atoms with Crippen LogP contribution in [0.3, 0.4) is 0 Å². The summed E-state index contributed by atoms with van der Waals surface area (Å²) in [6.07, 6.45) is 2.60. The summed E-state index contributed by atoms with van der Waals surface area (Å²) in [6, 6.07) is 12.3. The van der Waals surface area contributed by atoms with Crippen LogP contribution in [0.25, 0.3) is 0 Å². The molecule has 2 rings (SSSR count). The van der Waals surface area contributed by atoms with Crippen molar-refractivity contribution in [3.8, 4) is 11.6 Å². The van der Waals surface area contributed by atoms with Gasteiger partial charge in [0.2, 0.25) is 5.88 Å². The molecule has 0 fully saturated rings. The maximum atomic E-state index is 5.38. The third-order valence-corrected chi connectivity index (χ3v) is 3.39. The molecule has 0 aliphatic heterocycles. The summed E-state index contributed by atoms with van der Waals surface area (Å²) in [5.74, 6) is 1.55. The van der Waals surface area contributed by atoms with Gasteiger partial charge in [-0.2, -0.15) is 0 Å². The number of rotatable bonds is 7. The number of nitrogens with zero attached hydrogens (tertiary/aromatic N) is 1. The molecule has 2 aromatic rings. The van der Waals surface area contributed by atoms with Crippen molar-refractivity contribution in [1.29, 1.82) is 0 Å². The Morgan fingerprint density at radius 3 is 2.71 bits per heavy atom. The van der Waals surface area contributed by atoms with Gasteiger partial charge in [0.1, 0.15) is 5.75 Å². The van der Waals surface area contributed by atoms with E-state index in [0.29, 0.717) is 5.88 Å². The quantitative estimate of drug-likeness (QED) is 0.849. The first-order chi connectivity index (χ1) is 10.3. The molecular weight excluding hydrogens is 264 g/mol. The Balaban J connectivity index is 2.26. The maximum Gasteiger partial charge on any atom is 0.217 e. The minimum absolute atomic E-state index is 0.158. The molecule has 1 N–H and O–H groups in total. The number of nitrogens with one attached hydrogen (secondary N) is 1. The molecule has 4 heteroatoms. The first-order valence-electron chi connectivity index (χ1n) is 7.13. The molecular formula is C17H22N2O2. The van der Waals surface area contributed by atoms with Gasteiger partial charge in [-0.1, -0.05) is 25.1 Å². The normalized spacial score (nSPS) is 12.0. The standard InChI is InChI=1S/C17H22N2O2/c1-4-18-16(15-9-6-10-19-17(15)21-3)12-13-7-5-8-14(11-13)20-2/h5-11,16,18H,4,12H2,1-3H3. The Hall–Kier alpha value is -2.07. The summed E-state index contributed by atoms with van der Waals surface area (Å²) >= 11 is 0. The van der Waals surface area contributed by atoms with Crippen molar-refractivity contribution in [1.82, 2.24) is 10.3 Å². The van der Waals surface area contributed by atoms with Crippen LogP contribution in [0, 0.1) is 0 Å². The predicted molar refractivity (Wildman–Crippen MR) is 83.9 cm³/mol. The monoisotopic (exact) mass is 286 g/mol. The van der Waals surface area contributed by atoms with Crippen molar-refractivity contribution in [2.24, 2.45) is 0 Å². The molecule has 21 heavy (non-hydrogen) atoms. The van der Waals surface area contributed by atoms with E-state index in [0.717, 1.165) is 24.3 Å². The van der Waals surface area contributed by atoms with Gasteiger partial charge in [0.15, 0.2) is 0 Å². The Bertz CT molecular complexity index is 572. The average Bonchev–Trinajstić information content (AvgIpc) is 2.54. The van der Waals surface area contributed by atoms with Crippen molar-refractivity contribution in [3.63, 3.8) is 0 Å². The van der Waals surface area contributed by atoms with Crippen LogP contribution < -0.4 is 14.8 Å². The van der Waals surface area contributed by atoms with Gasteiger partial charge in [0.05, 0.1) is 14.2 Å². The van der Waals surface area contributed by atoms with E-state index in [9.17, 15) is 0 Å². The molecule has 0 saturated heterocycles. The van der Waals surface area contributed by atoms with Crippen LogP contribution >= 0.6 is 0 Å². The minimum Gasteiger partial charge on any atom is -0.497 e. The van der Waals surface area contributed by atoms with Gasteiger partial charge in [-0.3, -0.25) is 0 Å². The summed E-state index contributed by atoms with van der Waals surface area (Å²) < 4.78 is 10.7. The van der Waals surface area contributed by atoms with Gasteiger partial charge >= 0.3 is 0 Å². The lowest BCUT2D eigenvalue weighted by Gasteiger charge is -2.20. The van der Waals surface area contributed by atoms with Gasteiger partial charge < -0.3 is 14.8 Å². The molecule has 0 bridgehead atoms. The highest BCUT2D eigenvalue weighted by Gasteiger charge is 2.16. The van der Waals surface area contributed by atoms with E-state index in [1.54, 1.807) is 20.4 Å². The number of likely N-dealkylation sites (N-methyl/N-ethyl adjacent to an activating group) is 1. The Labute approximate surface area is 126 Å². The van der Waals surface area contributed by atoms with E-state index < -0.39 is 0 Å². The Kier molecular flexibility index (Phi) is 5.58. The van der Waals surface area contributed by atoms with E-state index in [1.807, 2.05) is 18.2 Å². The maximum absolute atomic E-state index is 5.38. The van der Waals surface area contributed by atoms with Gasteiger partial charge in [0.25, 0.3) is 0 Å². The highest BCUT2D eigenvalue weighted by atomic mass is 16.5. The number of methoxy groups -OCH3 is 2. The number of aromatic nitrogens is 1. The molecule has 1 atom stereocenters. The fraction of sp³-hybridized carbons (Fsp3) is 0.353. The van der Waals surface area contributed by atoms with Gasteiger partial charge in [-0.15, -0.1) is 0 Å². The van der Waals surface area contributed by atoms with Crippen LogP contribution in [-0.2, 0) is 6.42 Å². The van der Waals surface area contributed by atoms with Crippen molar-refractivity contribution < 1.29 is 9.47 Å². The Morgan fingerprint density at radius 2 is 2.00 bits per heavy atom. The number of benzene rings is 1. The number of pyridine rings is 1. The Morgan fingerprint density at radius 1 is 1.14 bits per heavy atom. The highest BCUT2D eigenvalue weighted by Crippen LogP contribution is 2.26. The third kappa shape index (κ3) is 3.95. The van der Waals surface area contributed by atoms with Crippen LogP contribution in [0.5, 0.6) is 11.6 Å². The molecule has 0 aliphatic carbocycles. The van der Waals surface area contributed by atoms with E-state index >= 15 is 0 Å². The lowest BCUT2D eigenvalue weighted by Crippen LogP contribution is -2.23. The number of ether oxygens (including phenoxy) is 2. The van der Waals surface area contributed by atoms with Crippen molar-refractivity contribution in [2.75, 3.05) is 20.8 Å². The molecule has 0 aliphatic rings. The second-order valence-corrected chi connectivity index (χ2v) is 4.77. The smallest absolute Gasteiger partial charge is 0.217 e. The zero-order chi connectivity index (χ0) is 15.1. The summed E-state index contributed by atoms with van der Waals surface area (Å²) in [6.45, 7) is 2.98. The van der Waals surface area contributed by atoms with E-state index in [1.165, 1.54) is 5.56 Å². The van der Waals surface area contributed by atoms with Crippen molar-refractivity contribution in [3.05, 3.63) is 53.7 Å². The molecule has 1 heterocycles. The molecule has 0 saturated carbocycles. The fourth-order valence-corrected chi connectivity index (χ4v) is 2.41. The molecule has 0 amide bonds. The first kappa shape index (κ1) is 15.3. The topological polar surface area (TPSA) is 43.4 Å². The SMILES string of the molecule is CCNC(Cc1cccc(OC)c1)c1cccnc1OC. The number of hydrogen-bond donors (Lipinski definition) is 1. The van der Waals surface area contributed by atoms with E-state index in [4.69, 9.17) is 9.47 Å². The predicted octanol–water partition coefficient (Wildman–Crippen LogP) is 2.99. The summed E-state index contributed by atoms with van der Waals surface area (Å²) in [7, 11) is 3.34. The van der Waals surface area contributed by atoms with Gasteiger partial charge in [0, 0.05) is 17.8 Å². The average molecular weight is 286 g/mol. The molecule has 1 aromatic carbocycles. The van der Waals surface area contributed by atoms with Gasteiger partial charge in [-0.25, -0.2) is 4.98 Å². The second kappa shape index (κ2) is 7.64. The lowest BCUT2D eigenvalue weighted by molar-refractivity contribution is 0.382. The van der Waals surface area contributed by atoms with Crippen LogP contribution in [0.2, 0.25) is 0 Å². The lowest BCUT2D eigenvalue weighted by atomic mass is 9.99. The third-order valence-electron chi connectivity index (χ3n) is 3.39. The van der Waals surface area contributed by atoms with Crippen LogP contribution in [0.15, 0.2) is 42.6 Å². The van der Waals surface area contributed by atoms with Crippen LogP contribution in [0.1, 0.15) is 24.1 Å². The molecule has 0 spiro atoms. The summed E-state index contributed by atoms with van der Waals surface area (Å²) in [5, 5.41) is 3.50. The zero-order valence-corrected chi connectivity index (χ0v) is 12.8. The zero-order valence-electron chi connectivity index (χ0n) is 12.8. The van der Waals surface area contributed by atoms with E-state index in [-0.39, 0.29) is 6.04 Å². The fourth-order valence-electron chi connectivity index (χ4n) is 2.41. The van der Waals surface area contributed by atoms with E-state index in [2.05, 4.69) is 35.4 Å². The second-order valence-electron chi connectivity index (χ2n) is 4.77. The first-order valence-corrected chi connectivity index (χ1v) is 7.13. The summed E-state index contributed by atoms with van der Waals surface area (Å²) in [4.78, 5) is 4.29. The van der Waals surface area contributed by atoms with Crippen molar-refractivity contribution >= 4 is 0 Å².